The number of fused-ring (bicyclic) bond motifs is 1. The second kappa shape index (κ2) is 10.0. The summed E-state index contributed by atoms with van der Waals surface area (Å²) in [6, 6.07) is 11.8. The number of carbonyl (C=O) groups is 1. The van der Waals surface area contributed by atoms with Gasteiger partial charge in [0.05, 0.1) is 19.8 Å². The number of para-hydroxylation sites is 1. The lowest BCUT2D eigenvalue weighted by molar-refractivity contribution is -0.126. The predicted molar refractivity (Wildman–Crippen MR) is 115 cm³/mol. The Hall–Kier alpha value is -2.95. The van der Waals surface area contributed by atoms with Gasteiger partial charge in [-0.15, -0.1) is 0 Å². The van der Waals surface area contributed by atoms with E-state index in [1.165, 1.54) is 5.56 Å². The van der Waals surface area contributed by atoms with Crippen molar-refractivity contribution in [3.63, 3.8) is 0 Å². The summed E-state index contributed by atoms with van der Waals surface area (Å²) >= 11 is 0. The normalized spacial score (nSPS) is 13.3. The number of hydrogen-bond donors (Lipinski definition) is 0. The van der Waals surface area contributed by atoms with Gasteiger partial charge in [0.25, 0.3) is 0 Å². The molecule has 1 amide bonds. The minimum absolute atomic E-state index is 0.00574. The monoisotopic (exact) mass is 395 g/mol. The van der Waals surface area contributed by atoms with Crippen LogP contribution in [-0.4, -0.2) is 37.2 Å². The van der Waals surface area contributed by atoms with Crippen LogP contribution in [0.1, 0.15) is 37.5 Å². The summed E-state index contributed by atoms with van der Waals surface area (Å²) in [5.41, 5.74) is 3.23. The van der Waals surface area contributed by atoms with Crippen molar-refractivity contribution in [2.75, 3.05) is 26.4 Å². The molecule has 3 rings (SSSR count). The van der Waals surface area contributed by atoms with Gasteiger partial charge in [-0.2, -0.15) is 0 Å². The molecule has 0 spiro atoms. The minimum Gasteiger partial charge on any atom is -0.493 e. The van der Waals surface area contributed by atoms with Gasteiger partial charge in [0.15, 0.2) is 11.5 Å². The molecule has 1 aliphatic heterocycles. The number of benzene rings is 2. The first-order chi connectivity index (χ1) is 14.2. The molecule has 0 bridgehead atoms. The molecule has 5 nitrogen and oxygen atoms in total. The summed E-state index contributed by atoms with van der Waals surface area (Å²) in [5, 5.41) is 0. The molecule has 29 heavy (non-hydrogen) atoms. The fraction of sp³-hybridized carbons (Fsp3) is 0.375. The third-order valence-electron chi connectivity index (χ3n) is 4.81. The average molecular weight is 395 g/mol. The van der Waals surface area contributed by atoms with Gasteiger partial charge in [0, 0.05) is 24.7 Å². The van der Waals surface area contributed by atoms with Gasteiger partial charge >= 0.3 is 0 Å². The van der Waals surface area contributed by atoms with Gasteiger partial charge in [-0.1, -0.05) is 18.2 Å². The molecule has 0 atom stereocenters. The quantitative estimate of drug-likeness (QED) is 0.619. The number of amides is 1. The van der Waals surface area contributed by atoms with Crippen LogP contribution in [0.5, 0.6) is 17.2 Å². The van der Waals surface area contributed by atoms with Crippen molar-refractivity contribution in [3.05, 3.63) is 59.2 Å². The van der Waals surface area contributed by atoms with Crippen LogP contribution in [0.2, 0.25) is 0 Å². The predicted octanol–water partition coefficient (Wildman–Crippen LogP) is 4.48. The van der Waals surface area contributed by atoms with E-state index in [1.54, 1.807) is 6.08 Å². The Morgan fingerprint density at radius 2 is 1.55 bits per heavy atom. The van der Waals surface area contributed by atoms with Gasteiger partial charge in [0.1, 0.15) is 5.75 Å². The Morgan fingerprint density at radius 1 is 0.931 bits per heavy atom. The van der Waals surface area contributed by atoms with E-state index in [-0.39, 0.29) is 5.91 Å². The van der Waals surface area contributed by atoms with E-state index in [9.17, 15) is 4.79 Å². The molecular weight excluding hydrogens is 366 g/mol. The Kier molecular flexibility index (Phi) is 7.17. The van der Waals surface area contributed by atoms with E-state index in [4.69, 9.17) is 14.2 Å². The molecule has 1 heterocycles. The standard InChI is InChI=1S/C24H29NO4/c1-4-27-21-10-8-7-9-18(21)11-12-24(26)25-14-13-19-15-22(28-5-2)23(29-6-3)16-20(19)17-25/h7-12,15-16H,4-6,13-14,17H2,1-3H3/b12-11+. The lowest BCUT2D eigenvalue weighted by Gasteiger charge is -2.29. The number of rotatable bonds is 8. The van der Waals surface area contributed by atoms with E-state index >= 15 is 0 Å². The summed E-state index contributed by atoms with van der Waals surface area (Å²) < 4.78 is 17.1. The van der Waals surface area contributed by atoms with Gasteiger partial charge < -0.3 is 19.1 Å². The first kappa shape index (κ1) is 20.8. The fourth-order valence-electron chi connectivity index (χ4n) is 3.46. The van der Waals surface area contributed by atoms with Crippen molar-refractivity contribution in [2.24, 2.45) is 0 Å². The molecule has 0 aliphatic carbocycles. The van der Waals surface area contributed by atoms with Crippen molar-refractivity contribution in [1.29, 1.82) is 0 Å². The summed E-state index contributed by atoms with van der Waals surface area (Å²) in [6.07, 6.45) is 4.25. The van der Waals surface area contributed by atoms with Crippen LogP contribution in [0, 0.1) is 0 Å². The zero-order valence-electron chi connectivity index (χ0n) is 17.4. The van der Waals surface area contributed by atoms with Gasteiger partial charge in [-0.25, -0.2) is 0 Å². The molecule has 0 N–H and O–H groups in total. The summed E-state index contributed by atoms with van der Waals surface area (Å²) in [4.78, 5) is 14.6. The third kappa shape index (κ3) is 5.11. The van der Waals surface area contributed by atoms with Gasteiger partial charge in [-0.05, 0) is 62.6 Å². The van der Waals surface area contributed by atoms with Crippen molar-refractivity contribution in [2.45, 2.75) is 33.7 Å². The third-order valence-corrected chi connectivity index (χ3v) is 4.81. The number of hydrogen-bond acceptors (Lipinski definition) is 4. The Morgan fingerprint density at radius 3 is 2.24 bits per heavy atom. The number of nitrogens with zero attached hydrogens (tertiary/aromatic N) is 1. The SMILES string of the molecule is CCOc1ccccc1/C=C/C(=O)N1CCc2cc(OCC)c(OCC)cc2C1. The van der Waals surface area contributed by atoms with Gasteiger partial charge in [0.2, 0.25) is 5.91 Å². The highest BCUT2D eigenvalue weighted by Crippen LogP contribution is 2.34. The molecule has 0 unspecified atom stereocenters. The molecule has 5 heteroatoms. The second-order valence-corrected chi connectivity index (χ2v) is 6.75. The molecule has 2 aromatic carbocycles. The molecule has 0 saturated carbocycles. The smallest absolute Gasteiger partial charge is 0.246 e. The second-order valence-electron chi connectivity index (χ2n) is 6.75. The Bertz CT molecular complexity index is 875. The van der Waals surface area contributed by atoms with E-state index in [0.29, 0.717) is 32.9 Å². The lowest BCUT2D eigenvalue weighted by atomic mass is 9.98. The van der Waals surface area contributed by atoms with Crippen LogP contribution in [0.3, 0.4) is 0 Å². The van der Waals surface area contributed by atoms with E-state index in [2.05, 4.69) is 6.07 Å². The van der Waals surface area contributed by atoms with Crippen LogP contribution >= 0.6 is 0 Å². The van der Waals surface area contributed by atoms with Crippen LogP contribution in [0.4, 0.5) is 0 Å². The molecule has 2 aromatic rings. The van der Waals surface area contributed by atoms with E-state index in [1.807, 2.05) is 62.1 Å². The first-order valence-electron chi connectivity index (χ1n) is 10.3. The van der Waals surface area contributed by atoms with Crippen LogP contribution in [0.15, 0.2) is 42.5 Å². The molecule has 154 valence electrons. The Labute approximate surface area is 172 Å². The summed E-state index contributed by atoms with van der Waals surface area (Å²) in [7, 11) is 0. The van der Waals surface area contributed by atoms with E-state index < -0.39 is 0 Å². The maximum Gasteiger partial charge on any atom is 0.246 e. The summed E-state index contributed by atoms with van der Waals surface area (Å²) in [5.74, 6) is 2.30. The fourth-order valence-corrected chi connectivity index (χ4v) is 3.46. The first-order valence-corrected chi connectivity index (χ1v) is 10.3. The number of ether oxygens (including phenoxy) is 3. The largest absolute Gasteiger partial charge is 0.493 e. The maximum absolute atomic E-state index is 12.8. The average Bonchev–Trinajstić information content (AvgIpc) is 2.73. The minimum atomic E-state index is -0.00574. The van der Waals surface area contributed by atoms with Crippen LogP contribution in [0.25, 0.3) is 6.08 Å². The highest BCUT2D eigenvalue weighted by atomic mass is 16.5. The zero-order chi connectivity index (χ0) is 20.6. The number of carbonyl (C=O) groups excluding carboxylic acids is 1. The molecule has 0 fully saturated rings. The highest BCUT2D eigenvalue weighted by Gasteiger charge is 2.22. The van der Waals surface area contributed by atoms with Crippen molar-refractivity contribution < 1.29 is 19.0 Å². The topological polar surface area (TPSA) is 48.0 Å². The van der Waals surface area contributed by atoms with Crippen LogP contribution < -0.4 is 14.2 Å². The van der Waals surface area contributed by atoms with Gasteiger partial charge in [-0.3, -0.25) is 4.79 Å². The Balaban J connectivity index is 1.74. The van der Waals surface area contributed by atoms with Crippen molar-refractivity contribution >= 4 is 12.0 Å². The maximum atomic E-state index is 12.8. The zero-order valence-corrected chi connectivity index (χ0v) is 17.4. The van der Waals surface area contributed by atoms with Crippen molar-refractivity contribution in [3.8, 4) is 17.2 Å². The highest BCUT2D eigenvalue weighted by molar-refractivity contribution is 5.92. The molecule has 0 saturated heterocycles. The molecule has 1 aliphatic rings. The molecule has 0 radical (unpaired) electrons. The van der Waals surface area contributed by atoms with E-state index in [0.717, 1.165) is 34.8 Å². The lowest BCUT2D eigenvalue weighted by Crippen LogP contribution is -2.34. The molecule has 0 aromatic heterocycles. The summed E-state index contributed by atoms with van der Waals surface area (Å²) in [6.45, 7) is 8.88. The van der Waals surface area contributed by atoms with Crippen LogP contribution in [-0.2, 0) is 17.8 Å². The molecular formula is C24H29NO4. The van der Waals surface area contributed by atoms with Crippen molar-refractivity contribution in [1.82, 2.24) is 4.90 Å².